The van der Waals surface area contributed by atoms with Crippen LogP contribution in [-0.2, 0) is 0 Å². The summed E-state index contributed by atoms with van der Waals surface area (Å²) in [5.74, 6) is 0.601. The van der Waals surface area contributed by atoms with E-state index >= 15 is 0 Å². The standard InChI is InChI=1S/C11H13NO.C2H6/c1-5-9-6-7-10(13-4)12-11(9)8(2)3;1-2/h5-7H,1-2H2,3-4H3;1-2H3. The molecule has 0 radical (unpaired) electrons. The molecule has 82 valence electrons. The average Bonchev–Trinajstić information content (AvgIpc) is 2.30. The first-order valence-corrected chi connectivity index (χ1v) is 5.02. The number of nitrogens with zero attached hydrogens (tertiary/aromatic N) is 1. The Balaban J connectivity index is 0.000000921. The number of hydrogen-bond acceptors (Lipinski definition) is 2. The van der Waals surface area contributed by atoms with Gasteiger partial charge >= 0.3 is 0 Å². The topological polar surface area (TPSA) is 22.1 Å². The zero-order chi connectivity index (χ0) is 11.8. The van der Waals surface area contributed by atoms with Crippen LogP contribution in [0.4, 0.5) is 0 Å². The summed E-state index contributed by atoms with van der Waals surface area (Å²) in [5, 5.41) is 0. The second-order valence-electron chi connectivity index (χ2n) is 2.78. The van der Waals surface area contributed by atoms with Gasteiger partial charge in [0, 0.05) is 11.6 Å². The Hall–Kier alpha value is -1.57. The summed E-state index contributed by atoms with van der Waals surface area (Å²) in [5.41, 5.74) is 2.73. The summed E-state index contributed by atoms with van der Waals surface area (Å²) in [6.07, 6.45) is 1.76. The van der Waals surface area contributed by atoms with Gasteiger partial charge in [0.05, 0.1) is 12.8 Å². The Morgan fingerprint density at radius 1 is 1.40 bits per heavy atom. The van der Waals surface area contributed by atoms with Crippen molar-refractivity contribution in [2.75, 3.05) is 7.11 Å². The van der Waals surface area contributed by atoms with E-state index < -0.39 is 0 Å². The minimum Gasteiger partial charge on any atom is -0.481 e. The maximum atomic E-state index is 5.02. The Kier molecular flexibility index (Phi) is 6.11. The quantitative estimate of drug-likeness (QED) is 0.749. The van der Waals surface area contributed by atoms with Crippen molar-refractivity contribution < 1.29 is 4.74 Å². The normalized spacial score (nSPS) is 8.53. The SMILES string of the molecule is C=Cc1ccc(OC)nc1C(=C)C.CC. The number of pyridine rings is 1. The van der Waals surface area contributed by atoms with Crippen LogP contribution in [0.2, 0.25) is 0 Å². The molecule has 1 rings (SSSR count). The van der Waals surface area contributed by atoms with Gasteiger partial charge in [-0.05, 0) is 18.6 Å². The van der Waals surface area contributed by atoms with Crippen LogP contribution in [0.1, 0.15) is 32.0 Å². The molecule has 2 heteroatoms. The molecule has 0 amide bonds. The second-order valence-corrected chi connectivity index (χ2v) is 2.78. The van der Waals surface area contributed by atoms with Gasteiger partial charge in [-0.15, -0.1) is 0 Å². The highest BCUT2D eigenvalue weighted by Crippen LogP contribution is 2.19. The summed E-state index contributed by atoms with van der Waals surface area (Å²) >= 11 is 0. The van der Waals surface area contributed by atoms with Gasteiger partial charge in [-0.25, -0.2) is 4.98 Å². The molecular formula is C13H19NO. The lowest BCUT2D eigenvalue weighted by Crippen LogP contribution is -1.94. The van der Waals surface area contributed by atoms with Crippen LogP contribution in [0.5, 0.6) is 5.88 Å². The van der Waals surface area contributed by atoms with E-state index in [0.29, 0.717) is 5.88 Å². The minimum atomic E-state index is 0.601. The lowest BCUT2D eigenvalue weighted by atomic mass is 10.1. The molecule has 0 unspecified atom stereocenters. The molecule has 0 bridgehead atoms. The van der Waals surface area contributed by atoms with Crippen LogP contribution in [0.25, 0.3) is 11.6 Å². The van der Waals surface area contributed by atoms with Crippen molar-refractivity contribution in [1.82, 2.24) is 4.98 Å². The van der Waals surface area contributed by atoms with Crippen molar-refractivity contribution in [3.05, 3.63) is 36.5 Å². The molecule has 0 saturated carbocycles. The molecule has 0 N–H and O–H groups in total. The molecule has 0 spiro atoms. The van der Waals surface area contributed by atoms with E-state index in [1.165, 1.54) is 0 Å². The third kappa shape index (κ3) is 3.58. The molecule has 0 fully saturated rings. The summed E-state index contributed by atoms with van der Waals surface area (Å²) < 4.78 is 5.02. The predicted molar refractivity (Wildman–Crippen MR) is 66.9 cm³/mol. The Bertz CT molecular complexity index is 342. The molecule has 1 heterocycles. The van der Waals surface area contributed by atoms with Crippen molar-refractivity contribution in [2.45, 2.75) is 20.8 Å². The van der Waals surface area contributed by atoms with Crippen molar-refractivity contribution in [3.8, 4) is 5.88 Å². The molecule has 0 saturated heterocycles. The lowest BCUT2D eigenvalue weighted by molar-refractivity contribution is 0.397. The van der Waals surface area contributed by atoms with Crippen LogP contribution in [0.3, 0.4) is 0 Å². The third-order valence-corrected chi connectivity index (χ3v) is 1.73. The first-order chi connectivity index (χ1) is 7.19. The van der Waals surface area contributed by atoms with Gasteiger partial charge in [0.25, 0.3) is 0 Å². The molecule has 0 aliphatic carbocycles. The third-order valence-electron chi connectivity index (χ3n) is 1.73. The highest BCUT2D eigenvalue weighted by molar-refractivity contribution is 5.68. The molecule has 2 nitrogen and oxygen atoms in total. The van der Waals surface area contributed by atoms with Crippen LogP contribution in [0.15, 0.2) is 25.3 Å². The van der Waals surface area contributed by atoms with Gasteiger partial charge < -0.3 is 4.74 Å². The van der Waals surface area contributed by atoms with Gasteiger partial charge in [-0.3, -0.25) is 0 Å². The van der Waals surface area contributed by atoms with Crippen molar-refractivity contribution >= 4 is 11.6 Å². The average molecular weight is 205 g/mol. The monoisotopic (exact) mass is 205 g/mol. The van der Waals surface area contributed by atoms with E-state index in [4.69, 9.17) is 4.74 Å². The number of hydrogen-bond donors (Lipinski definition) is 0. The lowest BCUT2D eigenvalue weighted by Gasteiger charge is -2.06. The Labute approximate surface area is 92.3 Å². The van der Waals surface area contributed by atoms with Crippen LogP contribution < -0.4 is 4.74 Å². The van der Waals surface area contributed by atoms with E-state index in [1.54, 1.807) is 13.2 Å². The highest BCUT2D eigenvalue weighted by Gasteiger charge is 2.03. The summed E-state index contributed by atoms with van der Waals surface area (Å²) in [6.45, 7) is 13.5. The number of ether oxygens (including phenoxy) is 1. The van der Waals surface area contributed by atoms with Crippen molar-refractivity contribution in [3.63, 3.8) is 0 Å². The predicted octanol–water partition coefficient (Wildman–Crippen LogP) is 3.79. The number of rotatable bonds is 3. The highest BCUT2D eigenvalue weighted by atomic mass is 16.5. The van der Waals surface area contributed by atoms with Crippen molar-refractivity contribution in [2.24, 2.45) is 0 Å². The molecule has 15 heavy (non-hydrogen) atoms. The van der Waals surface area contributed by atoms with E-state index in [2.05, 4.69) is 18.1 Å². The van der Waals surface area contributed by atoms with E-state index in [-0.39, 0.29) is 0 Å². The van der Waals surface area contributed by atoms with Gasteiger partial charge in [-0.1, -0.05) is 33.1 Å². The fourth-order valence-corrected chi connectivity index (χ4v) is 1.07. The van der Waals surface area contributed by atoms with Gasteiger partial charge in [0.15, 0.2) is 0 Å². The van der Waals surface area contributed by atoms with Crippen LogP contribution in [-0.4, -0.2) is 12.1 Å². The summed E-state index contributed by atoms with van der Waals surface area (Å²) in [7, 11) is 1.60. The van der Waals surface area contributed by atoms with Gasteiger partial charge in [0.2, 0.25) is 5.88 Å². The first kappa shape index (κ1) is 13.4. The number of allylic oxidation sites excluding steroid dienone is 1. The molecule has 0 aromatic carbocycles. The zero-order valence-electron chi connectivity index (χ0n) is 10.0. The van der Waals surface area contributed by atoms with Crippen molar-refractivity contribution in [1.29, 1.82) is 0 Å². The smallest absolute Gasteiger partial charge is 0.213 e. The Morgan fingerprint density at radius 2 is 2.00 bits per heavy atom. The molecule has 1 aromatic heterocycles. The largest absolute Gasteiger partial charge is 0.481 e. The maximum Gasteiger partial charge on any atom is 0.213 e. The fourth-order valence-electron chi connectivity index (χ4n) is 1.07. The van der Waals surface area contributed by atoms with Gasteiger partial charge in [0.1, 0.15) is 0 Å². The van der Waals surface area contributed by atoms with Crippen LogP contribution >= 0.6 is 0 Å². The van der Waals surface area contributed by atoms with Crippen LogP contribution in [0, 0.1) is 0 Å². The summed E-state index contributed by atoms with van der Waals surface area (Å²) in [4.78, 5) is 4.27. The van der Waals surface area contributed by atoms with E-state index in [9.17, 15) is 0 Å². The van der Waals surface area contributed by atoms with E-state index in [1.807, 2.05) is 32.9 Å². The number of methoxy groups -OCH3 is 1. The molecular weight excluding hydrogens is 186 g/mol. The second kappa shape index (κ2) is 6.82. The molecule has 0 aliphatic heterocycles. The minimum absolute atomic E-state index is 0.601. The van der Waals surface area contributed by atoms with Gasteiger partial charge in [-0.2, -0.15) is 0 Å². The zero-order valence-corrected chi connectivity index (χ0v) is 10.0. The first-order valence-electron chi connectivity index (χ1n) is 5.02. The maximum absolute atomic E-state index is 5.02. The fraction of sp³-hybridized carbons (Fsp3) is 0.308. The molecule has 0 aliphatic rings. The van der Waals surface area contributed by atoms with E-state index in [0.717, 1.165) is 16.8 Å². The summed E-state index contributed by atoms with van der Waals surface area (Å²) in [6, 6.07) is 3.73. The molecule has 0 atom stereocenters. The number of aromatic nitrogens is 1. The molecule has 1 aromatic rings. The Morgan fingerprint density at radius 3 is 2.40 bits per heavy atom.